The molecule has 0 spiro atoms. The van der Waals surface area contributed by atoms with Crippen LogP contribution in [0.3, 0.4) is 0 Å². The van der Waals surface area contributed by atoms with E-state index in [2.05, 4.69) is 6.92 Å². The Labute approximate surface area is 267 Å². The fourth-order valence-electron chi connectivity index (χ4n) is 5.11. The first-order valence-corrected chi connectivity index (χ1v) is 16.1. The minimum atomic E-state index is -1.04. The van der Waals surface area contributed by atoms with Gasteiger partial charge >= 0.3 is 11.9 Å². The maximum absolute atomic E-state index is 12.8. The Hall–Kier alpha value is -4.58. The average Bonchev–Trinajstić information content (AvgIpc) is 3.07. The summed E-state index contributed by atoms with van der Waals surface area (Å²) in [6, 6.07) is 28.4. The van der Waals surface area contributed by atoms with Crippen molar-refractivity contribution >= 4 is 11.9 Å². The number of carboxylic acid groups (broad SMARTS) is 1. The number of carboxylic acids is 1. The second-order valence-corrected chi connectivity index (χ2v) is 11.3. The lowest BCUT2D eigenvalue weighted by molar-refractivity contribution is 0.0695. The van der Waals surface area contributed by atoms with Crippen molar-refractivity contribution in [3.8, 4) is 28.4 Å². The van der Waals surface area contributed by atoms with Crippen molar-refractivity contribution in [2.24, 2.45) is 0 Å². The van der Waals surface area contributed by atoms with Crippen molar-refractivity contribution in [3.63, 3.8) is 0 Å². The van der Waals surface area contributed by atoms with Gasteiger partial charge in [0.1, 0.15) is 23.9 Å². The van der Waals surface area contributed by atoms with E-state index in [-0.39, 0.29) is 5.56 Å². The second-order valence-electron chi connectivity index (χ2n) is 11.3. The highest BCUT2D eigenvalue weighted by atomic mass is 16.5. The summed E-state index contributed by atoms with van der Waals surface area (Å²) in [7, 11) is 0. The van der Waals surface area contributed by atoms with Crippen LogP contribution in [0.1, 0.15) is 97.4 Å². The number of benzene rings is 4. The summed E-state index contributed by atoms with van der Waals surface area (Å²) in [6.07, 6.45) is 12.8. The molecule has 1 N–H and O–H groups in total. The van der Waals surface area contributed by atoms with Gasteiger partial charge in [0, 0.05) is 0 Å². The quantitative estimate of drug-likeness (QED) is 0.0648. The number of hydrogen-bond donors (Lipinski definition) is 1. The molecule has 6 heteroatoms. The van der Waals surface area contributed by atoms with Gasteiger partial charge in [-0.3, -0.25) is 0 Å². The molecule has 0 saturated heterocycles. The number of esters is 1. The zero-order chi connectivity index (χ0) is 31.7. The summed E-state index contributed by atoms with van der Waals surface area (Å²) in [4.78, 5) is 24.7. The third kappa shape index (κ3) is 11.1. The van der Waals surface area contributed by atoms with Crippen LogP contribution in [0.2, 0.25) is 0 Å². The molecule has 0 unspecified atom stereocenters. The maximum atomic E-state index is 12.8. The van der Waals surface area contributed by atoms with Crippen LogP contribution in [-0.4, -0.2) is 23.7 Å². The molecule has 0 aliphatic carbocycles. The predicted octanol–water partition coefficient (Wildman–Crippen LogP) is 10.1. The van der Waals surface area contributed by atoms with E-state index < -0.39 is 11.9 Å². The number of carbonyl (C=O) groups is 2. The molecule has 4 aromatic rings. The van der Waals surface area contributed by atoms with Crippen molar-refractivity contribution in [2.45, 2.75) is 77.7 Å². The SMILES string of the molecule is CCCCCCCCCCCCOc1ccc(OC(=O)c2ccc(-c3cc(OCc4ccccc4)ccc3C(=O)O)cc2)cc1. The van der Waals surface area contributed by atoms with E-state index in [0.29, 0.717) is 41.4 Å². The Kier molecular flexibility index (Phi) is 13.5. The summed E-state index contributed by atoms with van der Waals surface area (Å²) >= 11 is 0. The normalized spacial score (nSPS) is 10.8. The fourth-order valence-corrected chi connectivity index (χ4v) is 5.11. The van der Waals surface area contributed by atoms with Crippen LogP contribution in [0.25, 0.3) is 11.1 Å². The van der Waals surface area contributed by atoms with E-state index in [1.54, 1.807) is 48.5 Å². The highest BCUT2D eigenvalue weighted by molar-refractivity contribution is 5.97. The van der Waals surface area contributed by atoms with Gasteiger partial charge in [0.05, 0.1) is 17.7 Å². The number of unbranched alkanes of at least 4 members (excludes halogenated alkanes) is 9. The van der Waals surface area contributed by atoms with Crippen molar-refractivity contribution in [3.05, 3.63) is 114 Å². The third-order valence-corrected chi connectivity index (χ3v) is 7.70. The van der Waals surface area contributed by atoms with Gasteiger partial charge < -0.3 is 19.3 Å². The van der Waals surface area contributed by atoms with Crippen LogP contribution < -0.4 is 14.2 Å². The van der Waals surface area contributed by atoms with Gasteiger partial charge in [-0.2, -0.15) is 0 Å². The van der Waals surface area contributed by atoms with Crippen molar-refractivity contribution in [2.75, 3.05) is 6.61 Å². The van der Waals surface area contributed by atoms with E-state index in [1.165, 1.54) is 63.9 Å². The van der Waals surface area contributed by atoms with Gasteiger partial charge in [-0.05, 0) is 77.7 Å². The molecule has 6 nitrogen and oxygen atoms in total. The Morgan fingerprint density at radius 1 is 0.622 bits per heavy atom. The van der Waals surface area contributed by atoms with E-state index in [0.717, 1.165) is 17.7 Å². The highest BCUT2D eigenvalue weighted by Crippen LogP contribution is 2.29. The topological polar surface area (TPSA) is 82.1 Å². The van der Waals surface area contributed by atoms with E-state index in [9.17, 15) is 14.7 Å². The molecule has 0 aromatic heterocycles. The second kappa shape index (κ2) is 18.3. The first kappa shape index (κ1) is 33.3. The van der Waals surface area contributed by atoms with Crippen LogP contribution >= 0.6 is 0 Å². The summed E-state index contributed by atoms with van der Waals surface area (Å²) in [5.41, 5.74) is 2.66. The van der Waals surface area contributed by atoms with Gasteiger partial charge in [-0.25, -0.2) is 9.59 Å². The molecule has 4 rings (SSSR count). The minimum absolute atomic E-state index is 0.146. The van der Waals surface area contributed by atoms with Crippen molar-refractivity contribution in [1.29, 1.82) is 0 Å². The predicted molar refractivity (Wildman–Crippen MR) is 178 cm³/mol. The molecule has 0 aliphatic heterocycles. The van der Waals surface area contributed by atoms with Crippen molar-refractivity contribution < 1.29 is 28.9 Å². The van der Waals surface area contributed by atoms with Gasteiger partial charge in [-0.1, -0.05) is 107 Å². The zero-order valence-corrected chi connectivity index (χ0v) is 26.2. The van der Waals surface area contributed by atoms with Crippen LogP contribution in [0, 0.1) is 0 Å². The molecule has 0 amide bonds. The first-order chi connectivity index (χ1) is 22.0. The Bertz CT molecular complexity index is 1460. The monoisotopic (exact) mass is 608 g/mol. The largest absolute Gasteiger partial charge is 0.494 e. The van der Waals surface area contributed by atoms with Gasteiger partial charge in [-0.15, -0.1) is 0 Å². The molecule has 0 radical (unpaired) electrons. The van der Waals surface area contributed by atoms with E-state index in [1.807, 2.05) is 42.5 Å². The van der Waals surface area contributed by atoms with Gasteiger partial charge in [0.25, 0.3) is 0 Å². The molecule has 0 bridgehead atoms. The summed E-state index contributed by atoms with van der Waals surface area (Å²) in [6.45, 7) is 3.29. The third-order valence-electron chi connectivity index (χ3n) is 7.70. The lowest BCUT2D eigenvalue weighted by Crippen LogP contribution is -2.08. The average molecular weight is 609 g/mol. The summed E-state index contributed by atoms with van der Waals surface area (Å²) < 4.78 is 17.3. The molecular formula is C39H44O6. The van der Waals surface area contributed by atoms with Gasteiger partial charge in [0.15, 0.2) is 0 Å². The Balaban J connectivity index is 1.24. The van der Waals surface area contributed by atoms with Crippen molar-refractivity contribution in [1.82, 2.24) is 0 Å². The van der Waals surface area contributed by atoms with E-state index in [4.69, 9.17) is 14.2 Å². The van der Waals surface area contributed by atoms with E-state index >= 15 is 0 Å². The maximum Gasteiger partial charge on any atom is 0.343 e. The van der Waals surface area contributed by atoms with Crippen LogP contribution in [-0.2, 0) is 6.61 Å². The number of aromatic carboxylic acids is 1. The summed E-state index contributed by atoms with van der Waals surface area (Å²) in [5.74, 6) is 0.183. The standard InChI is InChI=1S/C39H44O6/c1-2-3-4-5-6-7-8-9-10-14-27-43-33-21-23-34(24-22-33)45-39(42)32-19-17-31(18-20-32)37-28-35(25-26-36(37)38(40)41)44-29-30-15-12-11-13-16-30/h11-13,15-26,28H,2-10,14,27,29H2,1H3,(H,40,41). The molecule has 0 fully saturated rings. The molecule has 4 aromatic carbocycles. The lowest BCUT2D eigenvalue weighted by atomic mass is 9.98. The summed E-state index contributed by atoms with van der Waals surface area (Å²) in [5, 5.41) is 9.76. The molecular weight excluding hydrogens is 564 g/mol. The molecule has 0 atom stereocenters. The minimum Gasteiger partial charge on any atom is -0.494 e. The number of rotatable bonds is 19. The number of hydrogen-bond acceptors (Lipinski definition) is 5. The highest BCUT2D eigenvalue weighted by Gasteiger charge is 2.15. The Morgan fingerprint density at radius 2 is 1.22 bits per heavy atom. The number of carbonyl (C=O) groups excluding carboxylic acids is 1. The first-order valence-electron chi connectivity index (χ1n) is 16.1. The number of ether oxygens (including phenoxy) is 3. The fraction of sp³-hybridized carbons (Fsp3) is 0.333. The smallest absolute Gasteiger partial charge is 0.343 e. The molecule has 236 valence electrons. The van der Waals surface area contributed by atoms with Crippen LogP contribution in [0.5, 0.6) is 17.2 Å². The molecule has 0 saturated carbocycles. The Morgan fingerprint density at radius 3 is 1.87 bits per heavy atom. The van der Waals surface area contributed by atoms with Gasteiger partial charge in [0.2, 0.25) is 0 Å². The molecule has 0 heterocycles. The van der Waals surface area contributed by atoms with Crippen LogP contribution in [0.4, 0.5) is 0 Å². The zero-order valence-electron chi connectivity index (χ0n) is 26.2. The molecule has 0 aliphatic rings. The lowest BCUT2D eigenvalue weighted by Gasteiger charge is -2.12. The van der Waals surface area contributed by atoms with Crippen LogP contribution in [0.15, 0.2) is 97.1 Å². The molecule has 45 heavy (non-hydrogen) atoms.